The Morgan fingerprint density at radius 2 is 2.15 bits per heavy atom. The summed E-state index contributed by atoms with van der Waals surface area (Å²) in [6.07, 6.45) is 3.13. The average Bonchev–Trinajstić information content (AvgIpc) is 2.42. The Kier molecular flexibility index (Phi) is 11.0. The van der Waals surface area contributed by atoms with Gasteiger partial charge in [-0.25, -0.2) is 0 Å². The molecule has 1 rings (SSSR count). The van der Waals surface area contributed by atoms with E-state index in [1.54, 1.807) is 0 Å². The third-order valence-electron chi connectivity index (χ3n) is 2.75. The number of carbonyl (C=O) groups excluding carboxylic acids is 1. The summed E-state index contributed by atoms with van der Waals surface area (Å²) in [4.78, 5) is 12.8. The van der Waals surface area contributed by atoms with Crippen LogP contribution in [0.15, 0.2) is 29.2 Å². The Morgan fingerprint density at radius 3 is 2.75 bits per heavy atom. The fraction of sp³-hybridized carbons (Fsp3) is 0.500. The monoisotopic (exact) mass is 336 g/mol. The van der Waals surface area contributed by atoms with Gasteiger partial charge in [0.05, 0.1) is 10.8 Å². The number of nitrogens with one attached hydrogen (secondary N) is 1. The molecular formula is C14H22Cl2N2OS. The summed E-state index contributed by atoms with van der Waals surface area (Å²) >= 11 is 7.48. The first-order valence-electron chi connectivity index (χ1n) is 6.54. The molecule has 3 nitrogen and oxygen atoms in total. The van der Waals surface area contributed by atoms with Crippen molar-refractivity contribution in [3.8, 4) is 0 Å². The molecule has 0 aliphatic carbocycles. The number of nitrogens with two attached hydrogens (primary N) is 1. The molecule has 0 bridgehead atoms. The zero-order valence-corrected chi connectivity index (χ0v) is 14.0. The van der Waals surface area contributed by atoms with E-state index >= 15 is 0 Å². The maximum atomic E-state index is 11.8. The van der Waals surface area contributed by atoms with Crippen LogP contribution in [0.1, 0.15) is 26.2 Å². The Bertz CT molecular complexity index is 405. The van der Waals surface area contributed by atoms with Crippen LogP contribution in [0.5, 0.6) is 0 Å². The van der Waals surface area contributed by atoms with Crippen LogP contribution in [0.25, 0.3) is 0 Å². The second-order valence-electron chi connectivity index (χ2n) is 4.36. The maximum absolute atomic E-state index is 11.8. The second-order valence-corrected chi connectivity index (χ2v) is 5.79. The van der Waals surface area contributed by atoms with E-state index in [9.17, 15) is 4.79 Å². The van der Waals surface area contributed by atoms with Crippen molar-refractivity contribution in [3.63, 3.8) is 0 Å². The molecule has 20 heavy (non-hydrogen) atoms. The molecule has 0 saturated heterocycles. The van der Waals surface area contributed by atoms with Gasteiger partial charge in [-0.05, 0) is 18.6 Å². The van der Waals surface area contributed by atoms with E-state index in [0.717, 1.165) is 24.2 Å². The normalized spacial score (nSPS) is 11.6. The van der Waals surface area contributed by atoms with E-state index < -0.39 is 0 Å². The van der Waals surface area contributed by atoms with E-state index in [4.69, 9.17) is 17.3 Å². The minimum atomic E-state index is 0. The predicted molar refractivity (Wildman–Crippen MR) is 89.9 cm³/mol. The summed E-state index contributed by atoms with van der Waals surface area (Å²) in [5.41, 5.74) is 5.65. The number of thioether (sulfide) groups is 1. The highest BCUT2D eigenvalue weighted by molar-refractivity contribution is 8.00. The Balaban J connectivity index is 0.00000361. The van der Waals surface area contributed by atoms with Crippen LogP contribution >= 0.6 is 35.8 Å². The van der Waals surface area contributed by atoms with Gasteiger partial charge in [-0.2, -0.15) is 0 Å². The minimum Gasteiger partial charge on any atom is -0.351 e. The van der Waals surface area contributed by atoms with Gasteiger partial charge in [0.2, 0.25) is 5.91 Å². The van der Waals surface area contributed by atoms with Crippen LogP contribution in [0, 0.1) is 0 Å². The Hall–Kier alpha value is -0.420. The Labute approximate surface area is 136 Å². The van der Waals surface area contributed by atoms with Crippen LogP contribution in [0.4, 0.5) is 0 Å². The van der Waals surface area contributed by atoms with E-state index in [-0.39, 0.29) is 24.4 Å². The van der Waals surface area contributed by atoms with Gasteiger partial charge in [0.1, 0.15) is 0 Å². The molecule has 0 aromatic heterocycles. The number of halogens is 2. The minimum absolute atomic E-state index is 0. The molecular weight excluding hydrogens is 315 g/mol. The number of benzene rings is 1. The summed E-state index contributed by atoms with van der Waals surface area (Å²) in [6, 6.07) is 7.61. The van der Waals surface area contributed by atoms with Crippen molar-refractivity contribution in [2.75, 3.05) is 12.3 Å². The molecule has 1 amide bonds. The van der Waals surface area contributed by atoms with Crippen molar-refractivity contribution < 1.29 is 4.79 Å². The molecule has 0 spiro atoms. The largest absolute Gasteiger partial charge is 0.351 e. The number of unbranched alkanes of at least 4 members (excludes halogenated alkanes) is 1. The molecule has 6 heteroatoms. The molecule has 3 N–H and O–H groups in total. The predicted octanol–water partition coefficient (Wildman–Crippen LogP) is 3.49. The number of hydrogen-bond acceptors (Lipinski definition) is 3. The molecule has 0 heterocycles. The molecule has 0 saturated carbocycles. The van der Waals surface area contributed by atoms with Gasteiger partial charge in [-0.1, -0.05) is 43.5 Å². The SMILES string of the molecule is CCCCC(CN)NC(=O)CSc1ccccc1Cl.Cl. The summed E-state index contributed by atoms with van der Waals surface area (Å²) in [7, 11) is 0. The lowest BCUT2D eigenvalue weighted by molar-refractivity contribution is -0.119. The first kappa shape index (κ1) is 19.6. The molecule has 0 aliphatic rings. The average molecular weight is 337 g/mol. The van der Waals surface area contributed by atoms with Crippen molar-refractivity contribution in [3.05, 3.63) is 29.3 Å². The zero-order chi connectivity index (χ0) is 14.1. The highest BCUT2D eigenvalue weighted by atomic mass is 35.5. The molecule has 1 aromatic rings. The van der Waals surface area contributed by atoms with Crippen LogP contribution in [0.3, 0.4) is 0 Å². The number of hydrogen-bond donors (Lipinski definition) is 2. The van der Waals surface area contributed by atoms with Crippen molar-refractivity contribution in [2.24, 2.45) is 5.73 Å². The fourth-order valence-corrected chi connectivity index (χ4v) is 2.72. The van der Waals surface area contributed by atoms with E-state index in [2.05, 4.69) is 12.2 Å². The smallest absolute Gasteiger partial charge is 0.230 e. The Morgan fingerprint density at radius 1 is 1.45 bits per heavy atom. The number of carbonyl (C=O) groups is 1. The summed E-state index contributed by atoms with van der Waals surface area (Å²) in [6.45, 7) is 2.62. The van der Waals surface area contributed by atoms with Gasteiger partial charge < -0.3 is 11.1 Å². The topological polar surface area (TPSA) is 55.1 Å². The van der Waals surface area contributed by atoms with Crippen molar-refractivity contribution in [2.45, 2.75) is 37.1 Å². The maximum Gasteiger partial charge on any atom is 0.230 e. The molecule has 1 atom stereocenters. The van der Waals surface area contributed by atoms with Gasteiger partial charge >= 0.3 is 0 Å². The van der Waals surface area contributed by atoms with Gasteiger partial charge in [-0.3, -0.25) is 4.79 Å². The highest BCUT2D eigenvalue weighted by Crippen LogP contribution is 2.26. The summed E-state index contributed by atoms with van der Waals surface area (Å²) < 4.78 is 0. The summed E-state index contributed by atoms with van der Waals surface area (Å²) in [5, 5.41) is 3.65. The molecule has 0 radical (unpaired) electrons. The van der Waals surface area contributed by atoms with Crippen molar-refractivity contribution in [1.29, 1.82) is 0 Å². The van der Waals surface area contributed by atoms with Crippen molar-refractivity contribution >= 4 is 41.7 Å². The van der Waals surface area contributed by atoms with Gasteiger partial charge in [-0.15, -0.1) is 24.2 Å². The lowest BCUT2D eigenvalue weighted by Gasteiger charge is -2.16. The first-order chi connectivity index (χ1) is 9.17. The van der Waals surface area contributed by atoms with E-state index in [1.807, 2.05) is 24.3 Å². The van der Waals surface area contributed by atoms with Crippen LogP contribution < -0.4 is 11.1 Å². The molecule has 0 aliphatic heterocycles. The van der Waals surface area contributed by atoms with Gasteiger partial charge in [0.25, 0.3) is 0 Å². The molecule has 1 unspecified atom stereocenters. The zero-order valence-electron chi connectivity index (χ0n) is 11.6. The van der Waals surface area contributed by atoms with Crippen LogP contribution in [-0.2, 0) is 4.79 Å². The third kappa shape index (κ3) is 7.39. The van der Waals surface area contributed by atoms with Crippen LogP contribution in [-0.4, -0.2) is 24.2 Å². The quantitative estimate of drug-likeness (QED) is 0.714. The third-order valence-corrected chi connectivity index (χ3v) is 4.27. The van der Waals surface area contributed by atoms with Gasteiger partial charge in [0.15, 0.2) is 0 Å². The second kappa shape index (κ2) is 11.3. The highest BCUT2D eigenvalue weighted by Gasteiger charge is 2.11. The molecule has 1 aromatic carbocycles. The number of rotatable bonds is 8. The molecule has 114 valence electrons. The molecule has 0 fully saturated rings. The lowest BCUT2D eigenvalue weighted by atomic mass is 10.1. The van der Waals surface area contributed by atoms with E-state index in [0.29, 0.717) is 17.3 Å². The lowest BCUT2D eigenvalue weighted by Crippen LogP contribution is -2.41. The fourth-order valence-electron chi connectivity index (χ4n) is 1.67. The van der Waals surface area contributed by atoms with Crippen LogP contribution in [0.2, 0.25) is 5.02 Å². The first-order valence-corrected chi connectivity index (χ1v) is 7.90. The standard InChI is InChI=1S/C14H21ClN2OS.ClH/c1-2-3-6-11(9-16)17-14(18)10-19-13-8-5-4-7-12(13)15;/h4-5,7-8,11H,2-3,6,9-10,16H2,1H3,(H,17,18);1H. The van der Waals surface area contributed by atoms with Crippen molar-refractivity contribution in [1.82, 2.24) is 5.32 Å². The summed E-state index contributed by atoms with van der Waals surface area (Å²) in [5.74, 6) is 0.378. The van der Waals surface area contributed by atoms with E-state index in [1.165, 1.54) is 11.8 Å². The number of amides is 1. The van der Waals surface area contributed by atoms with Gasteiger partial charge in [0, 0.05) is 17.5 Å².